The molecule has 0 aliphatic carbocycles. The molecule has 0 spiro atoms. The van der Waals surface area contributed by atoms with E-state index in [0.717, 1.165) is 0 Å². The molecule has 2 aromatic carbocycles. The monoisotopic (exact) mass is 450 g/mol. The van der Waals surface area contributed by atoms with Crippen molar-refractivity contribution in [2.75, 3.05) is 52.9 Å². The minimum Gasteiger partial charge on any atom is -0.495 e. The number of nitrogens with one attached hydrogen (secondary N) is 1. The van der Waals surface area contributed by atoms with Crippen molar-refractivity contribution >= 4 is 21.6 Å². The molecule has 0 atom stereocenters. The van der Waals surface area contributed by atoms with E-state index in [9.17, 15) is 13.2 Å². The van der Waals surface area contributed by atoms with Crippen molar-refractivity contribution in [3.05, 3.63) is 42.0 Å². The standard InChI is InChI=1S/C21H26N2O7S/c1-27-17-7-5-16(14-19(17)29-3)22-21(24)13-15-4-6-18(28-2)20(12-15)31(25,26)23-8-10-30-11-9-23/h4-7,12,14H,8-11,13H2,1-3H3,(H,22,24). The molecule has 0 radical (unpaired) electrons. The molecule has 3 rings (SSSR count). The number of carbonyl (C=O) groups excluding carboxylic acids is 1. The van der Waals surface area contributed by atoms with Gasteiger partial charge < -0.3 is 24.3 Å². The summed E-state index contributed by atoms with van der Waals surface area (Å²) in [5.41, 5.74) is 1.09. The fraction of sp³-hybridized carbons (Fsp3) is 0.381. The molecule has 1 saturated heterocycles. The number of rotatable bonds is 8. The molecule has 2 aromatic rings. The van der Waals surface area contributed by atoms with E-state index in [4.69, 9.17) is 18.9 Å². The lowest BCUT2D eigenvalue weighted by molar-refractivity contribution is -0.115. The van der Waals surface area contributed by atoms with Crippen LogP contribution in [0.15, 0.2) is 41.3 Å². The second-order valence-electron chi connectivity index (χ2n) is 6.80. The second kappa shape index (κ2) is 9.99. The summed E-state index contributed by atoms with van der Waals surface area (Å²) < 4.78 is 48.5. The van der Waals surface area contributed by atoms with E-state index in [0.29, 0.717) is 36.0 Å². The molecule has 9 nitrogen and oxygen atoms in total. The summed E-state index contributed by atoms with van der Waals surface area (Å²) in [4.78, 5) is 12.6. The maximum Gasteiger partial charge on any atom is 0.246 e. The first-order valence-electron chi connectivity index (χ1n) is 9.65. The maximum atomic E-state index is 13.1. The van der Waals surface area contributed by atoms with E-state index in [-0.39, 0.29) is 36.1 Å². The number of anilines is 1. The first kappa shape index (κ1) is 22.9. The normalized spacial score (nSPS) is 14.7. The maximum absolute atomic E-state index is 13.1. The summed E-state index contributed by atoms with van der Waals surface area (Å²) in [5, 5.41) is 2.78. The Morgan fingerprint density at radius 2 is 1.61 bits per heavy atom. The van der Waals surface area contributed by atoms with Crippen molar-refractivity contribution in [1.82, 2.24) is 4.31 Å². The molecule has 0 bridgehead atoms. The number of hydrogen-bond donors (Lipinski definition) is 1. The van der Waals surface area contributed by atoms with Crippen molar-refractivity contribution in [2.45, 2.75) is 11.3 Å². The SMILES string of the molecule is COc1ccc(NC(=O)Cc2ccc(OC)c(S(=O)(=O)N3CCOCC3)c2)cc1OC. The molecule has 0 saturated carbocycles. The van der Waals surface area contributed by atoms with Crippen LogP contribution in [0.1, 0.15) is 5.56 Å². The summed E-state index contributed by atoms with van der Waals surface area (Å²) in [6, 6.07) is 9.75. The van der Waals surface area contributed by atoms with E-state index >= 15 is 0 Å². The Morgan fingerprint density at radius 1 is 0.968 bits per heavy atom. The summed E-state index contributed by atoms with van der Waals surface area (Å²) in [5.74, 6) is 0.972. The molecule has 168 valence electrons. The van der Waals surface area contributed by atoms with Gasteiger partial charge in [-0.3, -0.25) is 4.79 Å². The topological polar surface area (TPSA) is 103 Å². The molecule has 0 aromatic heterocycles. The smallest absolute Gasteiger partial charge is 0.246 e. The minimum absolute atomic E-state index is 0.00995. The number of sulfonamides is 1. The Hall–Kier alpha value is -2.82. The molecule has 31 heavy (non-hydrogen) atoms. The number of hydrogen-bond acceptors (Lipinski definition) is 7. The Bertz CT molecular complexity index is 1030. The van der Waals surface area contributed by atoms with Crippen LogP contribution in [0.2, 0.25) is 0 Å². The molecule has 1 fully saturated rings. The number of amides is 1. The highest BCUT2D eigenvalue weighted by Gasteiger charge is 2.29. The number of ether oxygens (including phenoxy) is 4. The van der Waals surface area contributed by atoms with Gasteiger partial charge >= 0.3 is 0 Å². The Labute approximate surface area is 181 Å². The average Bonchev–Trinajstić information content (AvgIpc) is 2.79. The molecule has 1 N–H and O–H groups in total. The molecule has 1 amide bonds. The van der Waals surface area contributed by atoms with E-state index in [1.807, 2.05) is 0 Å². The van der Waals surface area contributed by atoms with Crippen molar-refractivity contribution < 1.29 is 32.2 Å². The van der Waals surface area contributed by atoms with Crippen LogP contribution in [-0.2, 0) is 26.0 Å². The van der Waals surface area contributed by atoms with Crippen LogP contribution >= 0.6 is 0 Å². The summed E-state index contributed by atoms with van der Waals surface area (Å²) in [7, 11) is 0.683. The highest BCUT2D eigenvalue weighted by Crippen LogP contribution is 2.31. The van der Waals surface area contributed by atoms with E-state index in [1.165, 1.54) is 31.7 Å². The molecule has 1 aliphatic rings. The van der Waals surface area contributed by atoms with Gasteiger partial charge in [0.2, 0.25) is 15.9 Å². The van der Waals surface area contributed by atoms with Crippen LogP contribution in [-0.4, -0.2) is 66.3 Å². The van der Waals surface area contributed by atoms with Crippen LogP contribution in [0.4, 0.5) is 5.69 Å². The lowest BCUT2D eigenvalue weighted by Crippen LogP contribution is -2.40. The van der Waals surface area contributed by atoms with Crippen molar-refractivity contribution in [1.29, 1.82) is 0 Å². The van der Waals surface area contributed by atoms with Gasteiger partial charge in [-0.15, -0.1) is 0 Å². The molecular weight excluding hydrogens is 424 g/mol. The fourth-order valence-electron chi connectivity index (χ4n) is 3.26. The first-order valence-corrected chi connectivity index (χ1v) is 11.1. The van der Waals surface area contributed by atoms with Gasteiger partial charge in [0.25, 0.3) is 0 Å². The second-order valence-corrected chi connectivity index (χ2v) is 8.70. The molecular formula is C21H26N2O7S. The van der Waals surface area contributed by atoms with E-state index in [2.05, 4.69) is 5.32 Å². The van der Waals surface area contributed by atoms with Gasteiger partial charge in [-0.25, -0.2) is 8.42 Å². The molecule has 10 heteroatoms. The third-order valence-corrected chi connectivity index (χ3v) is 6.77. The number of morpholine rings is 1. The first-order chi connectivity index (χ1) is 14.9. The Kier molecular flexibility index (Phi) is 7.37. The highest BCUT2D eigenvalue weighted by molar-refractivity contribution is 7.89. The van der Waals surface area contributed by atoms with Crippen LogP contribution in [0, 0.1) is 0 Å². The molecule has 1 heterocycles. The zero-order valence-corrected chi connectivity index (χ0v) is 18.5. The molecule has 0 unspecified atom stereocenters. The van der Waals surface area contributed by atoms with Gasteiger partial charge in [0.1, 0.15) is 10.6 Å². The summed E-state index contributed by atoms with van der Waals surface area (Å²) in [6.07, 6.45) is -0.00995. The van der Waals surface area contributed by atoms with E-state index in [1.54, 1.807) is 30.3 Å². The third kappa shape index (κ3) is 5.27. The van der Waals surface area contributed by atoms with E-state index < -0.39 is 10.0 Å². The van der Waals surface area contributed by atoms with Gasteiger partial charge in [-0.05, 0) is 29.8 Å². The van der Waals surface area contributed by atoms with Gasteiger partial charge in [0.15, 0.2) is 11.5 Å². The van der Waals surface area contributed by atoms with Crippen LogP contribution < -0.4 is 19.5 Å². The third-order valence-electron chi connectivity index (χ3n) is 4.85. The number of benzene rings is 2. The number of nitrogens with zero attached hydrogens (tertiary/aromatic N) is 1. The average molecular weight is 451 g/mol. The fourth-order valence-corrected chi connectivity index (χ4v) is 4.88. The van der Waals surface area contributed by atoms with Crippen LogP contribution in [0.3, 0.4) is 0 Å². The van der Waals surface area contributed by atoms with Crippen molar-refractivity contribution in [3.8, 4) is 17.2 Å². The zero-order valence-electron chi connectivity index (χ0n) is 17.7. The van der Waals surface area contributed by atoms with Crippen LogP contribution in [0.5, 0.6) is 17.2 Å². The van der Waals surface area contributed by atoms with Gasteiger partial charge in [-0.1, -0.05) is 6.07 Å². The predicted molar refractivity (Wildman–Crippen MR) is 114 cm³/mol. The molecule has 1 aliphatic heterocycles. The lowest BCUT2D eigenvalue weighted by Gasteiger charge is -2.26. The summed E-state index contributed by atoms with van der Waals surface area (Å²) in [6.45, 7) is 1.23. The largest absolute Gasteiger partial charge is 0.495 e. The predicted octanol–water partition coefficient (Wildman–Crippen LogP) is 1.91. The summed E-state index contributed by atoms with van der Waals surface area (Å²) >= 11 is 0. The zero-order chi connectivity index (χ0) is 22.4. The van der Waals surface area contributed by atoms with Crippen LogP contribution in [0.25, 0.3) is 0 Å². The quantitative estimate of drug-likeness (QED) is 0.655. The Morgan fingerprint density at radius 3 is 2.26 bits per heavy atom. The Balaban J connectivity index is 1.79. The van der Waals surface area contributed by atoms with Crippen molar-refractivity contribution in [3.63, 3.8) is 0 Å². The minimum atomic E-state index is -3.77. The van der Waals surface area contributed by atoms with Gasteiger partial charge in [0.05, 0.1) is 41.0 Å². The number of methoxy groups -OCH3 is 3. The highest BCUT2D eigenvalue weighted by atomic mass is 32.2. The lowest BCUT2D eigenvalue weighted by atomic mass is 10.1. The van der Waals surface area contributed by atoms with Gasteiger partial charge in [-0.2, -0.15) is 4.31 Å². The van der Waals surface area contributed by atoms with Gasteiger partial charge in [0, 0.05) is 24.8 Å². The van der Waals surface area contributed by atoms with Crippen molar-refractivity contribution in [2.24, 2.45) is 0 Å². The number of carbonyl (C=O) groups is 1.